The molecule has 0 bridgehead atoms. The summed E-state index contributed by atoms with van der Waals surface area (Å²) in [6, 6.07) is 0. The number of unbranched alkanes of at least 4 members (excludes halogenated alkanes) is 5. The molecule has 2 fully saturated rings. The van der Waals surface area contributed by atoms with Crippen molar-refractivity contribution in [3.8, 4) is 0 Å². The topological polar surface area (TPSA) is 158 Å². The van der Waals surface area contributed by atoms with Gasteiger partial charge in [0.05, 0.1) is 12.7 Å². The summed E-state index contributed by atoms with van der Waals surface area (Å²) in [7, 11) is 0. The van der Waals surface area contributed by atoms with Gasteiger partial charge in [-0.05, 0) is 13.3 Å². The Bertz CT molecular complexity index is 481. The highest BCUT2D eigenvalue weighted by atomic mass is 16.8. The fraction of sp³-hybridized carbons (Fsp3) is 1.00. The number of ether oxygens (including phenoxy) is 4. The summed E-state index contributed by atoms with van der Waals surface area (Å²) < 4.78 is 22.4. The monoisotopic (exact) mass is 438 g/mol. The molecule has 30 heavy (non-hydrogen) atoms. The van der Waals surface area contributed by atoms with Crippen LogP contribution in [0, 0.1) is 0 Å². The van der Waals surface area contributed by atoms with Crippen molar-refractivity contribution in [2.75, 3.05) is 13.2 Å². The SMILES string of the molecule is CCCCCCCCO[C@H]1O[C@H](CO)[C@H](O)[C@H](O)[C@H]1O[C@H]1O[C@@H](C)[C@@H](O)[C@@H](O)[C@@H]1O. The van der Waals surface area contributed by atoms with E-state index in [1.807, 2.05) is 0 Å². The van der Waals surface area contributed by atoms with E-state index in [4.69, 9.17) is 18.9 Å². The van der Waals surface area contributed by atoms with Crippen LogP contribution in [0.25, 0.3) is 0 Å². The van der Waals surface area contributed by atoms with E-state index in [2.05, 4.69) is 6.92 Å². The van der Waals surface area contributed by atoms with Crippen molar-refractivity contribution in [1.82, 2.24) is 0 Å². The molecule has 2 rings (SSSR count). The Labute approximate surface area is 177 Å². The highest BCUT2D eigenvalue weighted by Gasteiger charge is 2.50. The lowest BCUT2D eigenvalue weighted by Crippen LogP contribution is -2.64. The highest BCUT2D eigenvalue weighted by molar-refractivity contribution is 4.93. The van der Waals surface area contributed by atoms with Crippen molar-refractivity contribution in [3.05, 3.63) is 0 Å². The van der Waals surface area contributed by atoms with E-state index in [1.54, 1.807) is 0 Å². The smallest absolute Gasteiger partial charge is 0.187 e. The summed E-state index contributed by atoms with van der Waals surface area (Å²) in [4.78, 5) is 0. The Morgan fingerprint density at radius 1 is 0.733 bits per heavy atom. The van der Waals surface area contributed by atoms with Gasteiger partial charge < -0.3 is 49.6 Å². The zero-order valence-electron chi connectivity index (χ0n) is 17.7. The van der Waals surface area contributed by atoms with Gasteiger partial charge in [-0.2, -0.15) is 0 Å². The predicted molar refractivity (Wildman–Crippen MR) is 104 cm³/mol. The van der Waals surface area contributed by atoms with Crippen molar-refractivity contribution < 1.29 is 49.6 Å². The van der Waals surface area contributed by atoms with Gasteiger partial charge in [0.25, 0.3) is 0 Å². The maximum atomic E-state index is 10.5. The molecule has 0 saturated carbocycles. The molecule has 0 spiro atoms. The molecule has 0 aromatic carbocycles. The molecule has 178 valence electrons. The lowest BCUT2D eigenvalue weighted by molar-refractivity contribution is -0.364. The predicted octanol–water partition coefficient (Wildman–Crippen LogP) is -0.985. The third-order valence-corrected chi connectivity index (χ3v) is 5.70. The number of hydrogen-bond acceptors (Lipinski definition) is 10. The number of hydrogen-bond donors (Lipinski definition) is 6. The van der Waals surface area contributed by atoms with Gasteiger partial charge in [0.1, 0.15) is 42.7 Å². The summed E-state index contributed by atoms with van der Waals surface area (Å²) in [6.45, 7) is 3.46. The summed E-state index contributed by atoms with van der Waals surface area (Å²) in [5, 5.41) is 60.1. The summed E-state index contributed by atoms with van der Waals surface area (Å²) >= 11 is 0. The molecule has 6 N–H and O–H groups in total. The first kappa shape index (κ1) is 25.9. The standard InChI is InChI=1S/C20H38O10/c1-3-4-5-6-7-8-9-27-20-18(16(25)14(23)12(10-21)29-20)30-19-17(26)15(24)13(22)11(2)28-19/h11-26H,3-10H2,1-2H3/t11-,12+,13+,14-,15+,16-,17-,18+,19+,20-/m0/s1. The normalized spacial score (nSPS) is 42.4. The van der Waals surface area contributed by atoms with Gasteiger partial charge >= 0.3 is 0 Å². The van der Waals surface area contributed by atoms with Crippen molar-refractivity contribution in [3.63, 3.8) is 0 Å². The van der Waals surface area contributed by atoms with E-state index in [0.717, 1.165) is 32.1 Å². The van der Waals surface area contributed by atoms with Crippen LogP contribution in [0.3, 0.4) is 0 Å². The quantitative estimate of drug-likeness (QED) is 0.221. The molecule has 10 heteroatoms. The van der Waals surface area contributed by atoms with E-state index in [0.29, 0.717) is 6.61 Å². The zero-order chi connectivity index (χ0) is 22.3. The maximum Gasteiger partial charge on any atom is 0.187 e. The Morgan fingerprint density at radius 2 is 1.40 bits per heavy atom. The van der Waals surface area contributed by atoms with Crippen LogP contribution in [0.2, 0.25) is 0 Å². The maximum absolute atomic E-state index is 10.5. The largest absolute Gasteiger partial charge is 0.394 e. The number of aliphatic hydroxyl groups is 6. The van der Waals surface area contributed by atoms with Gasteiger partial charge in [0.15, 0.2) is 12.6 Å². The van der Waals surface area contributed by atoms with Crippen LogP contribution < -0.4 is 0 Å². The Balaban J connectivity index is 1.97. The molecule has 0 radical (unpaired) electrons. The minimum absolute atomic E-state index is 0.323. The zero-order valence-corrected chi connectivity index (χ0v) is 17.7. The lowest BCUT2D eigenvalue weighted by Gasteiger charge is -2.45. The molecule has 0 aromatic rings. The summed E-state index contributed by atoms with van der Waals surface area (Å²) in [5.74, 6) is 0. The second kappa shape index (κ2) is 12.6. The first-order chi connectivity index (χ1) is 14.3. The molecule has 10 atom stereocenters. The minimum atomic E-state index is -1.57. The Hall–Kier alpha value is -0.400. The van der Waals surface area contributed by atoms with Crippen LogP contribution in [0.5, 0.6) is 0 Å². The highest BCUT2D eigenvalue weighted by Crippen LogP contribution is 2.29. The van der Waals surface area contributed by atoms with Gasteiger partial charge in [-0.25, -0.2) is 0 Å². The van der Waals surface area contributed by atoms with Crippen molar-refractivity contribution in [2.24, 2.45) is 0 Å². The molecule has 0 amide bonds. The van der Waals surface area contributed by atoms with Crippen LogP contribution >= 0.6 is 0 Å². The lowest BCUT2D eigenvalue weighted by atomic mass is 9.97. The van der Waals surface area contributed by atoms with Crippen LogP contribution in [0.1, 0.15) is 52.4 Å². The van der Waals surface area contributed by atoms with Crippen LogP contribution in [0.15, 0.2) is 0 Å². The van der Waals surface area contributed by atoms with Gasteiger partial charge in [0, 0.05) is 6.61 Å². The molecule has 2 saturated heterocycles. The molecule has 0 unspecified atom stereocenters. The molecule has 10 nitrogen and oxygen atoms in total. The van der Waals surface area contributed by atoms with E-state index in [9.17, 15) is 30.6 Å². The molecular weight excluding hydrogens is 400 g/mol. The van der Waals surface area contributed by atoms with E-state index >= 15 is 0 Å². The average Bonchev–Trinajstić information content (AvgIpc) is 2.74. The van der Waals surface area contributed by atoms with Gasteiger partial charge in [-0.3, -0.25) is 0 Å². The average molecular weight is 439 g/mol. The third kappa shape index (κ3) is 6.55. The second-order valence-corrected chi connectivity index (χ2v) is 8.13. The summed E-state index contributed by atoms with van der Waals surface area (Å²) in [5.41, 5.74) is 0. The Kier molecular flexibility index (Phi) is 10.9. The Morgan fingerprint density at radius 3 is 2.07 bits per heavy atom. The second-order valence-electron chi connectivity index (χ2n) is 8.13. The molecular formula is C20H38O10. The summed E-state index contributed by atoms with van der Waals surface area (Å²) in [6.07, 6.45) is -6.59. The van der Waals surface area contributed by atoms with Gasteiger partial charge in [-0.1, -0.05) is 39.0 Å². The fourth-order valence-corrected chi connectivity index (χ4v) is 3.70. The number of rotatable bonds is 11. The van der Waals surface area contributed by atoms with Gasteiger partial charge in [0.2, 0.25) is 0 Å². The molecule has 0 aliphatic carbocycles. The molecule has 0 aromatic heterocycles. The molecule has 2 aliphatic heterocycles. The van der Waals surface area contributed by atoms with Crippen molar-refractivity contribution in [2.45, 2.75) is 114 Å². The first-order valence-corrected chi connectivity index (χ1v) is 10.9. The van der Waals surface area contributed by atoms with Crippen molar-refractivity contribution in [1.29, 1.82) is 0 Å². The van der Waals surface area contributed by atoms with E-state index in [1.165, 1.54) is 13.3 Å². The minimum Gasteiger partial charge on any atom is -0.394 e. The fourth-order valence-electron chi connectivity index (χ4n) is 3.70. The van der Waals surface area contributed by atoms with E-state index in [-0.39, 0.29) is 0 Å². The third-order valence-electron chi connectivity index (χ3n) is 5.70. The van der Waals surface area contributed by atoms with E-state index < -0.39 is 68.0 Å². The number of aliphatic hydroxyl groups excluding tert-OH is 6. The van der Waals surface area contributed by atoms with Crippen LogP contribution in [0.4, 0.5) is 0 Å². The molecule has 2 aliphatic rings. The first-order valence-electron chi connectivity index (χ1n) is 10.9. The molecule has 2 heterocycles. The van der Waals surface area contributed by atoms with Crippen LogP contribution in [-0.2, 0) is 18.9 Å². The van der Waals surface area contributed by atoms with Crippen LogP contribution in [-0.4, -0.2) is 105 Å². The van der Waals surface area contributed by atoms with Gasteiger partial charge in [-0.15, -0.1) is 0 Å². The van der Waals surface area contributed by atoms with Crippen molar-refractivity contribution >= 4 is 0 Å².